The molecule has 4 N–H and O–H groups in total. The van der Waals surface area contributed by atoms with E-state index in [9.17, 15) is 4.79 Å². The van der Waals surface area contributed by atoms with Crippen molar-refractivity contribution in [2.75, 3.05) is 6.54 Å². The maximum absolute atomic E-state index is 12.1. The van der Waals surface area contributed by atoms with Crippen molar-refractivity contribution in [2.24, 2.45) is 5.73 Å². The number of benzene rings is 1. The van der Waals surface area contributed by atoms with Crippen LogP contribution in [0.5, 0.6) is 0 Å². The number of amides is 1. The van der Waals surface area contributed by atoms with E-state index in [4.69, 9.17) is 5.73 Å². The summed E-state index contributed by atoms with van der Waals surface area (Å²) in [6.45, 7) is 9.13. The van der Waals surface area contributed by atoms with Crippen LogP contribution in [0.3, 0.4) is 0 Å². The molecule has 0 saturated carbocycles. The van der Waals surface area contributed by atoms with Crippen LogP contribution in [0.2, 0.25) is 0 Å². The minimum absolute atomic E-state index is 0.0488. The number of carbonyl (C=O) groups is 1. The summed E-state index contributed by atoms with van der Waals surface area (Å²) in [4.78, 5) is 12.1. The Morgan fingerprint density at radius 3 is 2.30 bits per heavy atom. The van der Waals surface area contributed by atoms with Gasteiger partial charge in [-0.3, -0.25) is 4.79 Å². The number of nitrogens with one attached hydrogen (secondary N) is 2. The molecule has 1 aromatic rings. The Labute approximate surface area is 141 Å². The van der Waals surface area contributed by atoms with Gasteiger partial charge in [0.05, 0.1) is 6.04 Å². The van der Waals surface area contributed by atoms with Gasteiger partial charge in [0.1, 0.15) is 0 Å². The highest BCUT2D eigenvalue weighted by atomic mass is 16.2. The van der Waals surface area contributed by atoms with Crippen molar-refractivity contribution >= 4 is 5.91 Å². The molecule has 2 unspecified atom stereocenters. The second kappa shape index (κ2) is 9.68. The van der Waals surface area contributed by atoms with Crippen molar-refractivity contribution in [1.82, 2.24) is 10.6 Å². The van der Waals surface area contributed by atoms with Crippen molar-refractivity contribution in [1.29, 1.82) is 0 Å². The predicted octanol–water partition coefficient (Wildman–Crippen LogP) is 3.14. The Kier molecular flexibility index (Phi) is 8.28. The first kappa shape index (κ1) is 19.7. The normalized spacial score (nSPS) is 14.3. The molecule has 1 aromatic carbocycles. The van der Waals surface area contributed by atoms with Crippen molar-refractivity contribution in [3.63, 3.8) is 0 Å². The van der Waals surface area contributed by atoms with Crippen LogP contribution in [0.15, 0.2) is 30.3 Å². The number of hydrogen-bond acceptors (Lipinski definition) is 3. The highest BCUT2D eigenvalue weighted by Crippen LogP contribution is 2.21. The minimum atomic E-state index is -0.405. The zero-order valence-electron chi connectivity index (χ0n) is 15.1. The third kappa shape index (κ3) is 5.96. The average molecular weight is 319 g/mol. The Morgan fingerprint density at radius 2 is 1.78 bits per heavy atom. The van der Waals surface area contributed by atoms with Gasteiger partial charge in [-0.1, -0.05) is 57.5 Å². The van der Waals surface area contributed by atoms with Gasteiger partial charge in [0, 0.05) is 18.1 Å². The molecule has 23 heavy (non-hydrogen) atoms. The molecule has 0 bridgehead atoms. The third-order valence-corrected chi connectivity index (χ3v) is 4.71. The van der Waals surface area contributed by atoms with Gasteiger partial charge < -0.3 is 16.4 Å². The van der Waals surface area contributed by atoms with Gasteiger partial charge >= 0.3 is 0 Å². The molecular formula is C19H33N3O. The molecule has 0 saturated heterocycles. The maximum Gasteiger partial charge on any atom is 0.236 e. The quantitative estimate of drug-likeness (QED) is 0.620. The third-order valence-electron chi connectivity index (χ3n) is 4.71. The van der Waals surface area contributed by atoms with Crippen LogP contribution < -0.4 is 16.4 Å². The van der Waals surface area contributed by atoms with Gasteiger partial charge in [-0.15, -0.1) is 0 Å². The number of hydrogen-bond donors (Lipinski definition) is 3. The Bertz CT molecular complexity index is 457. The van der Waals surface area contributed by atoms with E-state index in [2.05, 4.69) is 55.7 Å². The summed E-state index contributed by atoms with van der Waals surface area (Å²) in [7, 11) is 0. The number of rotatable bonds is 10. The van der Waals surface area contributed by atoms with Gasteiger partial charge in [0.2, 0.25) is 5.91 Å². The summed E-state index contributed by atoms with van der Waals surface area (Å²) in [6.07, 6.45) is 3.55. The second-order valence-electron chi connectivity index (χ2n) is 6.38. The first-order valence-electron chi connectivity index (χ1n) is 8.84. The van der Waals surface area contributed by atoms with E-state index in [1.165, 1.54) is 5.56 Å². The Balaban J connectivity index is 2.69. The van der Waals surface area contributed by atoms with Crippen LogP contribution in [0, 0.1) is 0 Å². The van der Waals surface area contributed by atoms with Crippen LogP contribution in [0.1, 0.15) is 65.0 Å². The number of carbonyl (C=O) groups excluding carboxylic acids is 1. The zero-order valence-corrected chi connectivity index (χ0v) is 15.1. The predicted molar refractivity (Wildman–Crippen MR) is 97.2 cm³/mol. The molecule has 0 heterocycles. The molecule has 0 aliphatic carbocycles. The van der Waals surface area contributed by atoms with Gasteiger partial charge in [-0.25, -0.2) is 0 Å². The molecule has 1 amide bonds. The lowest BCUT2D eigenvalue weighted by Crippen LogP contribution is -2.55. The smallest absolute Gasteiger partial charge is 0.236 e. The summed E-state index contributed by atoms with van der Waals surface area (Å²) in [5, 5.41) is 6.76. The molecule has 0 aliphatic rings. The van der Waals surface area contributed by atoms with E-state index in [0.29, 0.717) is 6.54 Å². The van der Waals surface area contributed by atoms with Crippen molar-refractivity contribution in [3.05, 3.63) is 35.9 Å². The zero-order chi connectivity index (χ0) is 17.3. The lowest BCUT2D eigenvalue weighted by atomic mass is 9.90. The molecule has 0 fully saturated rings. The van der Waals surface area contributed by atoms with Gasteiger partial charge in [0.15, 0.2) is 0 Å². The Hall–Kier alpha value is -1.39. The lowest BCUT2D eigenvalue weighted by molar-refractivity contribution is -0.122. The average Bonchev–Trinajstić information content (AvgIpc) is 2.59. The van der Waals surface area contributed by atoms with E-state index in [-0.39, 0.29) is 17.5 Å². The topological polar surface area (TPSA) is 67.2 Å². The van der Waals surface area contributed by atoms with Gasteiger partial charge in [-0.2, -0.15) is 0 Å². The van der Waals surface area contributed by atoms with Crippen molar-refractivity contribution in [2.45, 2.75) is 71.0 Å². The highest BCUT2D eigenvalue weighted by molar-refractivity contribution is 5.81. The first-order chi connectivity index (χ1) is 11.0. The number of nitrogens with two attached hydrogens (primary N) is 1. The maximum atomic E-state index is 12.1. The summed E-state index contributed by atoms with van der Waals surface area (Å²) < 4.78 is 0. The molecule has 0 aromatic heterocycles. The van der Waals surface area contributed by atoms with Crippen LogP contribution >= 0.6 is 0 Å². The molecular weight excluding hydrogens is 286 g/mol. The first-order valence-corrected chi connectivity index (χ1v) is 8.84. The molecule has 130 valence electrons. The summed E-state index contributed by atoms with van der Waals surface area (Å²) in [6, 6.07) is 10.2. The highest BCUT2D eigenvalue weighted by Gasteiger charge is 2.29. The van der Waals surface area contributed by atoms with Crippen LogP contribution in [0.4, 0.5) is 0 Å². The van der Waals surface area contributed by atoms with Crippen LogP contribution in [-0.4, -0.2) is 24.0 Å². The lowest BCUT2D eigenvalue weighted by Gasteiger charge is -2.36. The fourth-order valence-corrected chi connectivity index (χ4v) is 2.87. The van der Waals surface area contributed by atoms with Crippen LogP contribution in [0.25, 0.3) is 0 Å². The SMILES string of the molecule is CCCC(N)C(=O)NCC(CC)(CC)NC(C)c1ccccc1. The van der Waals surface area contributed by atoms with Gasteiger partial charge in [-0.05, 0) is 31.7 Å². The molecule has 0 radical (unpaired) electrons. The summed E-state index contributed by atoms with van der Waals surface area (Å²) in [5.74, 6) is -0.0488. The molecule has 0 spiro atoms. The molecule has 4 heteroatoms. The Morgan fingerprint density at radius 1 is 1.17 bits per heavy atom. The molecule has 1 rings (SSSR count). The van der Waals surface area contributed by atoms with Gasteiger partial charge in [0.25, 0.3) is 0 Å². The van der Waals surface area contributed by atoms with E-state index in [1.807, 2.05) is 13.0 Å². The molecule has 4 nitrogen and oxygen atoms in total. The summed E-state index contributed by atoms with van der Waals surface area (Å²) >= 11 is 0. The minimum Gasteiger partial charge on any atom is -0.353 e. The fraction of sp³-hybridized carbons (Fsp3) is 0.632. The standard InChI is InChI=1S/C19H33N3O/c1-5-11-17(20)18(23)21-14-19(6-2,7-3)22-15(4)16-12-9-8-10-13-16/h8-10,12-13,15,17,22H,5-7,11,14,20H2,1-4H3,(H,21,23). The van der Waals surface area contributed by atoms with E-state index in [1.54, 1.807) is 0 Å². The molecule has 0 aliphatic heterocycles. The second-order valence-corrected chi connectivity index (χ2v) is 6.38. The van der Waals surface area contributed by atoms with E-state index in [0.717, 1.165) is 25.7 Å². The summed E-state index contributed by atoms with van der Waals surface area (Å²) in [5.41, 5.74) is 7.04. The largest absolute Gasteiger partial charge is 0.353 e. The van der Waals surface area contributed by atoms with Crippen LogP contribution in [-0.2, 0) is 4.79 Å². The molecule has 2 atom stereocenters. The van der Waals surface area contributed by atoms with Crippen molar-refractivity contribution in [3.8, 4) is 0 Å². The van der Waals surface area contributed by atoms with E-state index >= 15 is 0 Å². The van der Waals surface area contributed by atoms with E-state index < -0.39 is 6.04 Å². The van der Waals surface area contributed by atoms with Crippen molar-refractivity contribution < 1.29 is 4.79 Å². The fourth-order valence-electron chi connectivity index (χ4n) is 2.87. The monoisotopic (exact) mass is 319 g/mol.